The summed E-state index contributed by atoms with van der Waals surface area (Å²) in [6.45, 7) is 4.31. The lowest BCUT2D eigenvalue weighted by molar-refractivity contribution is -0.384. The van der Waals surface area contributed by atoms with Crippen LogP contribution in [0.2, 0.25) is 0 Å². The summed E-state index contributed by atoms with van der Waals surface area (Å²) in [6, 6.07) is 5.43. The summed E-state index contributed by atoms with van der Waals surface area (Å²) in [4.78, 5) is 35.1. The van der Waals surface area contributed by atoms with Crippen molar-refractivity contribution in [3.8, 4) is 0 Å². The van der Waals surface area contributed by atoms with E-state index in [4.69, 9.17) is 5.21 Å². The second-order valence-corrected chi connectivity index (χ2v) is 4.82. The van der Waals surface area contributed by atoms with Gasteiger partial charge in [0.15, 0.2) is 0 Å². The number of rotatable bonds is 9. The summed E-state index contributed by atoms with van der Waals surface area (Å²) in [6.07, 6.45) is 0.306. The number of nitro groups is 1. The minimum Gasteiger partial charge on any atom is -0.469 e. The van der Waals surface area contributed by atoms with E-state index in [1.54, 1.807) is 0 Å². The summed E-state index contributed by atoms with van der Waals surface area (Å²) in [7, 11) is 1.35. The number of benzene rings is 1. The zero-order valence-corrected chi connectivity index (χ0v) is 14.3. The molecule has 0 spiro atoms. The molecule has 0 saturated carbocycles. The number of nitrogens with two attached hydrogens (primary N) is 1. The Morgan fingerprint density at radius 2 is 1.88 bits per heavy atom. The number of esters is 1. The number of nitrogens with one attached hydrogen (secondary N) is 1. The van der Waals surface area contributed by atoms with Crippen LogP contribution in [0.25, 0.3) is 0 Å². The number of nitro benzene ring substituents is 1. The van der Waals surface area contributed by atoms with Crippen LogP contribution in [0.5, 0.6) is 0 Å². The van der Waals surface area contributed by atoms with E-state index in [9.17, 15) is 19.7 Å². The Morgan fingerprint density at radius 3 is 2.36 bits per heavy atom. The SMILES string of the molecule is CCN(CCNC(=O)c1ccc([N+](=O)[O-])cc1)CCC(=O)OC.NO. The molecule has 1 aromatic rings. The molecule has 0 aliphatic rings. The average molecular weight is 356 g/mol. The number of likely N-dealkylation sites (N-methyl/N-ethyl adjacent to an activating group) is 1. The molecule has 10 nitrogen and oxygen atoms in total. The Kier molecular flexibility index (Phi) is 11.5. The number of non-ortho nitro benzene ring substituents is 1. The lowest BCUT2D eigenvalue weighted by Gasteiger charge is -2.19. The van der Waals surface area contributed by atoms with E-state index < -0.39 is 4.92 Å². The fraction of sp³-hybridized carbons (Fsp3) is 0.467. The summed E-state index contributed by atoms with van der Waals surface area (Å²) in [5, 5.41) is 19.8. The zero-order chi connectivity index (χ0) is 19.2. The third kappa shape index (κ3) is 8.74. The topological polar surface area (TPSA) is 148 Å². The number of nitrogens with zero attached hydrogens (tertiary/aromatic N) is 2. The fourth-order valence-electron chi connectivity index (χ4n) is 1.94. The maximum absolute atomic E-state index is 11.9. The fourth-order valence-corrected chi connectivity index (χ4v) is 1.94. The molecule has 140 valence electrons. The van der Waals surface area contributed by atoms with Crippen molar-refractivity contribution in [3.63, 3.8) is 0 Å². The van der Waals surface area contributed by atoms with Gasteiger partial charge >= 0.3 is 5.97 Å². The smallest absolute Gasteiger partial charge is 0.306 e. The Bertz CT molecular complexity index is 549. The van der Waals surface area contributed by atoms with Crippen molar-refractivity contribution in [2.75, 3.05) is 33.3 Å². The van der Waals surface area contributed by atoms with Gasteiger partial charge in [0.2, 0.25) is 0 Å². The predicted molar refractivity (Wildman–Crippen MR) is 90.2 cm³/mol. The van der Waals surface area contributed by atoms with Crippen molar-refractivity contribution in [1.29, 1.82) is 0 Å². The summed E-state index contributed by atoms with van der Waals surface area (Å²) in [5.74, 6) is 2.95. The van der Waals surface area contributed by atoms with Gasteiger partial charge in [-0.1, -0.05) is 6.92 Å². The van der Waals surface area contributed by atoms with Gasteiger partial charge in [-0.25, -0.2) is 5.90 Å². The minimum absolute atomic E-state index is 0.0541. The molecule has 0 heterocycles. The molecule has 0 radical (unpaired) electrons. The van der Waals surface area contributed by atoms with Crippen molar-refractivity contribution < 1.29 is 24.5 Å². The highest BCUT2D eigenvalue weighted by Crippen LogP contribution is 2.11. The second kappa shape index (κ2) is 12.8. The third-order valence-corrected chi connectivity index (χ3v) is 3.36. The number of carbonyl (C=O) groups excluding carboxylic acids is 2. The molecule has 0 fully saturated rings. The number of hydrogen-bond donors (Lipinski definition) is 3. The van der Waals surface area contributed by atoms with Gasteiger partial charge in [-0.3, -0.25) is 19.7 Å². The molecule has 4 N–H and O–H groups in total. The summed E-state index contributed by atoms with van der Waals surface area (Å²) in [5.41, 5.74) is 0.315. The van der Waals surface area contributed by atoms with E-state index in [2.05, 4.69) is 16.0 Å². The molecule has 0 aliphatic heterocycles. The minimum atomic E-state index is -0.512. The van der Waals surface area contributed by atoms with Crippen LogP contribution in [0.4, 0.5) is 5.69 Å². The van der Waals surface area contributed by atoms with E-state index in [1.807, 2.05) is 11.8 Å². The number of ether oxygens (including phenoxy) is 1. The van der Waals surface area contributed by atoms with Crippen molar-refractivity contribution in [2.45, 2.75) is 13.3 Å². The maximum atomic E-state index is 11.9. The second-order valence-electron chi connectivity index (χ2n) is 4.82. The number of carbonyl (C=O) groups is 2. The van der Waals surface area contributed by atoms with Gasteiger partial charge in [0.05, 0.1) is 18.5 Å². The Labute approximate surface area is 145 Å². The first kappa shape index (κ1) is 22.4. The molecule has 0 unspecified atom stereocenters. The molecule has 0 saturated heterocycles. The van der Waals surface area contributed by atoms with Crippen LogP contribution in [-0.4, -0.2) is 60.2 Å². The standard InChI is InChI=1S/C15H21N3O5.H3NO/c1-3-17(10-8-14(19)23-2)11-9-16-15(20)12-4-6-13(7-5-12)18(21)22;1-2/h4-7H,3,8-11H2,1-2H3,(H,16,20);2H,1H2. The van der Waals surface area contributed by atoms with Gasteiger partial charge in [-0.15, -0.1) is 0 Å². The quantitative estimate of drug-likeness (QED) is 0.330. The van der Waals surface area contributed by atoms with Gasteiger partial charge < -0.3 is 20.2 Å². The highest BCUT2D eigenvalue weighted by atomic mass is 16.6. The van der Waals surface area contributed by atoms with Gasteiger partial charge in [0, 0.05) is 37.3 Å². The molecule has 1 amide bonds. The zero-order valence-electron chi connectivity index (χ0n) is 14.3. The highest BCUT2D eigenvalue weighted by molar-refractivity contribution is 5.94. The highest BCUT2D eigenvalue weighted by Gasteiger charge is 2.10. The predicted octanol–water partition coefficient (Wildman–Crippen LogP) is 0.544. The first-order valence-corrected chi connectivity index (χ1v) is 7.55. The van der Waals surface area contributed by atoms with Crippen molar-refractivity contribution in [2.24, 2.45) is 5.90 Å². The maximum Gasteiger partial charge on any atom is 0.306 e. The van der Waals surface area contributed by atoms with Gasteiger partial charge in [-0.05, 0) is 18.7 Å². The molecule has 0 bridgehead atoms. The van der Waals surface area contributed by atoms with Gasteiger partial charge in [-0.2, -0.15) is 0 Å². The van der Waals surface area contributed by atoms with E-state index in [0.29, 0.717) is 31.6 Å². The van der Waals surface area contributed by atoms with Crippen LogP contribution >= 0.6 is 0 Å². The van der Waals surface area contributed by atoms with Gasteiger partial charge in [0.1, 0.15) is 0 Å². The lowest BCUT2D eigenvalue weighted by atomic mass is 10.2. The number of amides is 1. The molecule has 25 heavy (non-hydrogen) atoms. The lowest BCUT2D eigenvalue weighted by Crippen LogP contribution is -2.36. The average Bonchev–Trinajstić information content (AvgIpc) is 2.65. The van der Waals surface area contributed by atoms with E-state index in [1.165, 1.54) is 31.4 Å². The number of methoxy groups -OCH3 is 1. The first-order valence-electron chi connectivity index (χ1n) is 7.55. The number of hydrogen-bond acceptors (Lipinski definition) is 8. The van der Waals surface area contributed by atoms with E-state index in [-0.39, 0.29) is 17.6 Å². The normalized spacial score (nSPS) is 9.80. The molecule has 1 rings (SSSR count). The van der Waals surface area contributed by atoms with Crippen LogP contribution in [0.15, 0.2) is 24.3 Å². The van der Waals surface area contributed by atoms with Crippen molar-refractivity contribution >= 4 is 17.6 Å². The monoisotopic (exact) mass is 356 g/mol. The van der Waals surface area contributed by atoms with Crippen LogP contribution in [-0.2, 0) is 9.53 Å². The Balaban J connectivity index is 0.00000277. The molecule has 0 atom stereocenters. The largest absolute Gasteiger partial charge is 0.469 e. The molecule has 1 aromatic carbocycles. The van der Waals surface area contributed by atoms with Crippen molar-refractivity contribution in [3.05, 3.63) is 39.9 Å². The summed E-state index contributed by atoms with van der Waals surface area (Å²) >= 11 is 0. The van der Waals surface area contributed by atoms with E-state index >= 15 is 0 Å². The molecule has 10 heteroatoms. The molecule has 0 aliphatic carbocycles. The Morgan fingerprint density at radius 1 is 1.28 bits per heavy atom. The molecular formula is C15H24N4O6. The Hall–Kier alpha value is -2.56. The van der Waals surface area contributed by atoms with Crippen LogP contribution in [0.3, 0.4) is 0 Å². The van der Waals surface area contributed by atoms with Crippen LogP contribution in [0.1, 0.15) is 23.7 Å². The molecule has 0 aromatic heterocycles. The first-order chi connectivity index (χ1) is 12.0. The molecular weight excluding hydrogens is 332 g/mol. The third-order valence-electron chi connectivity index (χ3n) is 3.36. The van der Waals surface area contributed by atoms with Crippen LogP contribution in [0, 0.1) is 10.1 Å². The van der Waals surface area contributed by atoms with Gasteiger partial charge in [0.25, 0.3) is 11.6 Å². The van der Waals surface area contributed by atoms with Crippen LogP contribution < -0.4 is 11.2 Å². The van der Waals surface area contributed by atoms with E-state index in [0.717, 1.165) is 6.54 Å². The summed E-state index contributed by atoms with van der Waals surface area (Å²) < 4.78 is 4.59. The van der Waals surface area contributed by atoms with Crippen molar-refractivity contribution in [1.82, 2.24) is 10.2 Å².